The number of halogens is 3. The van der Waals surface area contributed by atoms with E-state index in [1.807, 2.05) is 0 Å². The van der Waals surface area contributed by atoms with Crippen molar-refractivity contribution in [3.05, 3.63) is 59.9 Å². The third kappa shape index (κ3) is 5.59. The van der Waals surface area contributed by atoms with Crippen LogP contribution in [0.4, 0.5) is 18.9 Å². The molecular weight excluding hydrogens is 335 g/mol. The fourth-order valence-electron chi connectivity index (χ4n) is 2.11. The Labute approximate surface area is 142 Å². The molecule has 0 aliphatic rings. The zero-order chi connectivity index (χ0) is 18.4. The van der Waals surface area contributed by atoms with Crippen LogP contribution in [0.1, 0.15) is 18.1 Å². The largest absolute Gasteiger partial charge is 0.416 e. The monoisotopic (exact) mass is 351 g/mol. The summed E-state index contributed by atoms with van der Waals surface area (Å²) >= 11 is 0. The van der Waals surface area contributed by atoms with Gasteiger partial charge in [-0.2, -0.15) is 13.2 Å². The molecule has 0 radical (unpaired) electrons. The van der Waals surface area contributed by atoms with Crippen molar-refractivity contribution in [2.45, 2.75) is 19.6 Å². The third-order valence-electron chi connectivity index (χ3n) is 3.37. The van der Waals surface area contributed by atoms with Gasteiger partial charge in [0, 0.05) is 31.5 Å². The molecule has 0 spiro atoms. The maximum absolute atomic E-state index is 12.5. The quantitative estimate of drug-likeness (QED) is 0.900. The van der Waals surface area contributed by atoms with Crippen LogP contribution in [0.25, 0.3) is 0 Å². The first-order valence-corrected chi connectivity index (χ1v) is 7.37. The van der Waals surface area contributed by atoms with Crippen molar-refractivity contribution in [3.8, 4) is 0 Å². The van der Waals surface area contributed by atoms with Crippen molar-refractivity contribution >= 4 is 17.5 Å². The minimum absolute atomic E-state index is 0.212. The Balaban J connectivity index is 1.98. The summed E-state index contributed by atoms with van der Waals surface area (Å²) in [5, 5.41) is 2.48. The number of amides is 2. The van der Waals surface area contributed by atoms with Crippen LogP contribution in [0.3, 0.4) is 0 Å². The van der Waals surface area contributed by atoms with Crippen molar-refractivity contribution in [1.82, 2.24) is 9.88 Å². The van der Waals surface area contributed by atoms with E-state index < -0.39 is 17.6 Å². The molecule has 0 bridgehead atoms. The Hall–Kier alpha value is -2.90. The topological polar surface area (TPSA) is 62.3 Å². The van der Waals surface area contributed by atoms with Gasteiger partial charge in [0.1, 0.15) is 6.54 Å². The molecule has 25 heavy (non-hydrogen) atoms. The number of aromatic nitrogens is 1. The fraction of sp³-hybridized carbons (Fsp3) is 0.235. The van der Waals surface area contributed by atoms with E-state index in [0.29, 0.717) is 0 Å². The van der Waals surface area contributed by atoms with Gasteiger partial charge in [-0.3, -0.25) is 14.6 Å². The van der Waals surface area contributed by atoms with Gasteiger partial charge in [0.2, 0.25) is 11.8 Å². The van der Waals surface area contributed by atoms with E-state index in [9.17, 15) is 22.8 Å². The van der Waals surface area contributed by atoms with Gasteiger partial charge in [-0.05, 0) is 35.9 Å². The molecule has 1 aromatic heterocycles. The molecule has 5 nitrogen and oxygen atoms in total. The third-order valence-corrected chi connectivity index (χ3v) is 3.37. The number of nitrogens with zero attached hydrogens (tertiary/aromatic N) is 2. The number of anilines is 1. The minimum atomic E-state index is -4.43. The Kier molecular flexibility index (Phi) is 5.74. The predicted molar refractivity (Wildman–Crippen MR) is 85.4 cm³/mol. The number of nitrogens with one attached hydrogen (secondary N) is 1. The smallest absolute Gasteiger partial charge is 0.329 e. The van der Waals surface area contributed by atoms with E-state index in [0.717, 1.165) is 17.7 Å². The Morgan fingerprint density at radius 3 is 2.36 bits per heavy atom. The summed E-state index contributed by atoms with van der Waals surface area (Å²) in [6, 6.07) is 7.59. The average Bonchev–Trinajstić information content (AvgIpc) is 2.54. The Morgan fingerprint density at radius 2 is 1.84 bits per heavy atom. The second-order valence-electron chi connectivity index (χ2n) is 5.36. The lowest BCUT2D eigenvalue weighted by atomic mass is 10.2. The Morgan fingerprint density at radius 1 is 1.16 bits per heavy atom. The van der Waals surface area contributed by atoms with Crippen molar-refractivity contribution in [2.75, 3.05) is 11.9 Å². The predicted octanol–water partition coefficient (Wildman–Crippen LogP) is 3.09. The summed E-state index contributed by atoms with van der Waals surface area (Å²) in [5.74, 6) is -0.801. The van der Waals surface area contributed by atoms with Gasteiger partial charge in [-0.25, -0.2) is 0 Å². The standard InChI is InChI=1S/C17H16F3N3O2/c1-12(24)23(10-13-3-2-8-21-9-13)11-16(25)22-15-6-4-14(5-7-15)17(18,19)20/h2-9H,10-11H2,1H3,(H,22,25). The lowest BCUT2D eigenvalue weighted by molar-refractivity contribution is -0.137. The van der Waals surface area contributed by atoms with Crippen LogP contribution in [0.5, 0.6) is 0 Å². The molecule has 0 unspecified atom stereocenters. The zero-order valence-corrected chi connectivity index (χ0v) is 13.4. The highest BCUT2D eigenvalue weighted by Gasteiger charge is 2.30. The van der Waals surface area contributed by atoms with Crippen LogP contribution >= 0.6 is 0 Å². The zero-order valence-electron chi connectivity index (χ0n) is 13.4. The molecule has 1 N–H and O–H groups in total. The molecule has 0 saturated carbocycles. The summed E-state index contributed by atoms with van der Waals surface area (Å²) in [6.45, 7) is 1.33. The first kappa shape index (κ1) is 18.4. The molecule has 8 heteroatoms. The Bertz CT molecular complexity index is 731. The summed E-state index contributed by atoms with van der Waals surface area (Å²) in [7, 11) is 0. The molecule has 132 valence electrons. The molecule has 2 aromatic rings. The van der Waals surface area contributed by atoms with Crippen LogP contribution in [0.15, 0.2) is 48.8 Å². The van der Waals surface area contributed by atoms with Gasteiger partial charge < -0.3 is 10.2 Å². The first-order chi connectivity index (χ1) is 11.8. The lowest BCUT2D eigenvalue weighted by Crippen LogP contribution is -2.36. The highest BCUT2D eigenvalue weighted by Crippen LogP contribution is 2.29. The van der Waals surface area contributed by atoms with Gasteiger partial charge in [-0.15, -0.1) is 0 Å². The number of hydrogen-bond acceptors (Lipinski definition) is 3. The number of rotatable bonds is 5. The lowest BCUT2D eigenvalue weighted by Gasteiger charge is -2.20. The maximum atomic E-state index is 12.5. The number of carbonyl (C=O) groups excluding carboxylic acids is 2. The number of pyridine rings is 1. The van der Waals surface area contributed by atoms with E-state index >= 15 is 0 Å². The molecule has 2 rings (SSSR count). The SMILES string of the molecule is CC(=O)N(CC(=O)Nc1ccc(C(F)(F)F)cc1)Cc1cccnc1. The average molecular weight is 351 g/mol. The molecular formula is C17H16F3N3O2. The molecule has 0 atom stereocenters. The van der Waals surface area contributed by atoms with Crippen LogP contribution in [0, 0.1) is 0 Å². The number of alkyl halides is 3. The van der Waals surface area contributed by atoms with E-state index in [4.69, 9.17) is 0 Å². The molecule has 2 amide bonds. The minimum Gasteiger partial charge on any atom is -0.329 e. The summed E-state index contributed by atoms with van der Waals surface area (Å²) in [6.07, 6.45) is -1.25. The summed E-state index contributed by atoms with van der Waals surface area (Å²) in [4.78, 5) is 29.0. The summed E-state index contributed by atoms with van der Waals surface area (Å²) < 4.78 is 37.5. The maximum Gasteiger partial charge on any atom is 0.416 e. The number of benzene rings is 1. The van der Waals surface area contributed by atoms with E-state index in [2.05, 4.69) is 10.3 Å². The molecule has 1 aromatic carbocycles. The fourth-order valence-corrected chi connectivity index (χ4v) is 2.11. The van der Waals surface area contributed by atoms with Crippen LogP contribution in [-0.2, 0) is 22.3 Å². The van der Waals surface area contributed by atoms with Crippen molar-refractivity contribution in [2.24, 2.45) is 0 Å². The van der Waals surface area contributed by atoms with Crippen LogP contribution in [-0.4, -0.2) is 28.2 Å². The number of hydrogen-bond donors (Lipinski definition) is 1. The highest BCUT2D eigenvalue weighted by atomic mass is 19.4. The number of carbonyl (C=O) groups is 2. The van der Waals surface area contributed by atoms with Crippen LogP contribution in [0.2, 0.25) is 0 Å². The van der Waals surface area contributed by atoms with Crippen molar-refractivity contribution in [1.29, 1.82) is 0 Å². The van der Waals surface area contributed by atoms with Gasteiger partial charge in [0.15, 0.2) is 0 Å². The van der Waals surface area contributed by atoms with Crippen molar-refractivity contribution in [3.63, 3.8) is 0 Å². The van der Waals surface area contributed by atoms with E-state index in [1.54, 1.807) is 24.5 Å². The van der Waals surface area contributed by atoms with E-state index in [-0.39, 0.29) is 24.7 Å². The van der Waals surface area contributed by atoms with Gasteiger partial charge in [0.05, 0.1) is 5.56 Å². The second kappa shape index (κ2) is 7.78. The van der Waals surface area contributed by atoms with Gasteiger partial charge in [0.25, 0.3) is 0 Å². The second-order valence-corrected chi connectivity index (χ2v) is 5.36. The molecule has 0 fully saturated rings. The van der Waals surface area contributed by atoms with E-state index in [1.165, 1.54) is 24.0 Å². The van der Waals surface area contributed by atoms with Gasteiger partial charge >= 0.3 is 6.18 Å². The molecule has 0 aliphatic heterocycles. The normalized spacial score (nSPS) is 11.0. The summed E-state index contributed by atoms with van der Waals surface area (Å²) in [5.41, 5.74) is 0.190. The molecule has 1 heterocycles. The highest BCUT2D eigenvalue weighted by molar-refractivity contribution is 5.94. The van der Waals surface area contributed by atoms with Crippen LogP contribution < -0.4 is 5.32 Å². The van der Waals surface area contributed by atoms with Gasteiger partial charge in [-0.1, -0.05) is 6.07 Å². The first-order valence-electron chi connectivity index (χ1n) is 7.37. The van der Waals surface area contributed by atoms with Crippen molar-refractivity contribution < 1.29 is 22.8 Å². The molecule has 0 aliphatic carbocycles. The molecule has 0 saturated heterocycles.